The highest BCUT2D eigenvalue weighted by Gasteiger charge is 2.70. The second kappa shape index (κ2) is 10.3. The van der Waals surface area contributed by atoms with E-state index in [0.29, 0.717) is 19.5 Å². The van der Waals surface area contributed by atoms with Gasteiger partial charge in [-0.1, -0.05) is 41.2 Å². The molecule has 2 heterocycles. The molecular weight excluding hydrogens is 488 g/mol. The topological polar surface area (TPSA) is 134 Å². The van der Waals surface area contributed by atoms with E-state index in [4.69, 9.17) is 4.74 Å². The summed E-state index contributed by atoms with van der Waals surface area (Å²) in [5, 5.41) is 8.32. The molecule has 1 saturated carbocycles. The zero-order chi connectivity index (χ0) is 28.8. The van der Waals surface area contributed by atoms with Crippen LogP contribution in [0.15, 0.2) is 12.7 Å². The van der Waals surface area contributed by atoms with Gasteiger partial charge in [-0.05, 0) is 62.4 Å². The monoisotopic (exact) mass is 532 g/mol. The number of carbonyl (C=O) groups excluding carboxylic acids is 5. The lowest BCUT2D eigenvalue weighted by Crippen LogP contribution is -2.60. The maximum absolute atomic E-state index is 13.9. The van der Waals surface area contributed by atoms with Crippen LogP contribution < -0.4 is 16.0 Å². The first-order valence-corrected chi connectivity index (χ1v) is 13.4. The minimum Gasteiger partial charge on any atom is -0.444 e. The van der Waals surface area contributed by atoms with Crippen LogP contribution >= 0.6 is 0 Å². The number of alkyl carbamates (subject to hydrolysis) is 1. The van der Waals surface area contributed by atoms with Crippen molar-refractivity contribution in [1.29, 1.82) is 0 Å². The van der Waals surface area contributed by atoms with Crippen molar-refractivity contribution in [2.75, 3.05) is 13.1 Å². The lowest BCUT2D eigenvalue weighted by atomic mass is 9.85. The molecule has 3 N–H and O–H groups in total. The maximum atomic E-state index is 13.9. The summed E-state index contributed by atoms with van der Waals surface area (Å²) >= 11 is 0. The van der Waals surface area contributed by atoms with Gasteiger partial charge < -0.3 is 25.6 Å². The molecule has 0 aromatic carbocycles. The fraction of sp³-hybridized carbons (Fsp3) is 0.750. The summed E-state index contributed by atoms with van der Waals surface area (Å²) < 4.78 is 5.40. The average molecular weight is 533 g/mol. The first kappa shape index (κ1) is 29.6. The van der Waals surface area contributed by atoms with Gasteiger partial charge in [-0.2, -0.15) is 0 Å². The van der Waals surface area contributed by atoms with Crippen molar-refractivity contribution in [2.45, 2.75) is 92.0 Å². The van der Waals surface area contributed by atoms with Gasteiger partial charge in [-0.3, -0.25) is 19.2 Å². The number of likely N-dealkylation sites (tertiary alicyclic amines) is 1. The first-order chi connectivity index (χ1) is 17.4. The maximum Gasteiger partial charge on any atom is 0.408 e. The molecule has 3 aliphatic rings. The second-order valence-corrected chi connectivity index (χ2v) is 13.5. The Kier molecular flexibility index (Phi) is 8.06. The van der Waals surface area contributed by atoms with Crippen molar-refractivity contribution in [1.82, 2.24) is 20.9 Å². The molecule has 10 heteroatoms. The van der Waals surface area contributed by atoms with Crippen LogP contribution in [0.5, 0.6) is 0 Å². The first-order valence-electron chi connectivity index (χ1n) is 13.4. The molecular formula is C28H44N4O6. The SMILES string of the molecule is C=CC(=O)[C@H](C[C@@H]1CCNC1=O)NC(=O)[C@@H]1[C@@H]2[C@H](CN1C(=O)[C@@H](NC(=O)OC(C)(C)C)C(C)(C)C)C2(C)C. The molecule has 0 spiro atoms. The number of nitrogens with one attached hydrogen (secondary N) is 3. The number of fused-ring (bicyclic) bond motifs is 1. The Morgan fingerprint density at radius 1 is 1.16 bits per heavy atom. The largest absolute Gasteiger partial charge is 0.444 e. The average Bonchev–Trinajstić information content (AvgIpc) is 3.14. The van der Waals surface area contributed by atoms with E-state index < -0.39 is 41.1 Å². The third-order valence-electron chi connectivity index (χ3n) is 8.08. The van der Waals surface area contributed by atoms with E-state index in [-0.39, 0.29) is 47.2 Å². The van der Waals surface area contributed by atoms with E-state index in [0.717, 1.165) is 6.08 Å². The molecule has 0 bridgehead atoms. The number of rotatable bonds is 8. The highest BCUT2D eigenvalue weighted by atomic mass is 16.6. The van der Waals surface area contributed by atoms with Gasteiger partial charge in [0.25, 0.3) is 0 Å². The van der Waals surface area contributed by atoms with E-state index in [1.165, 1.54) is 0 Å². The van der Waals surface area contributed by atoms with Crippen LogP contribution in [-0.4, -0.2) is 71.3 Å². The van der Waals surface area contributed by atoms with Gasteiger partial charge in [0.05, 0.1) is 6.04 Å². The number of carbonyl (C=O) groups is 5. The predicted molar refractivity (Wildman–Crippen MR) is 142 cm³/mol. The van der Waals surface area contributed by atoms with Crippen LogP contribution in [0.25, 0.3) is 0 Å². The number of ether oxygens (including phenoxy) is 1. The molecule has 0 aromatic rings. The molecule has 0 aromatic heterocycles. The Bertz CT molecular complexity index is 1010. The quantitative estimate of drug-likeness (QED) is 0.410. The van der Waals surface area contributed by atoms with Crippen molar-refractivity contribution in [3.63, 3.8) is 0 Å². The molecule has 3 rings (SSSR count). The van der Waals surface area contributed by atoms with Crippen molar-refractivity contribution < 1.29 is 28.7 Å². The Labute approximate surface area is 225 Å². The van der Waals surface area contributed by atoms with Gasteiger partial charge in [-0.15, -0.1) is 0 Å². The van der Waals surface area contributed by atoms with Crippen LogP contribution in [0.4, 0.5) is 4.79 Å². The van der Waals surface area contributed by atoms with Gasteiger partial charge in [0, 0.05) is 19.0 Å². The van der Waals surface area contributed by atoms with Gasteiger partial charge in [-0.25, -0.2) is 4.79 Å². The van der Waals surface area contributed by atoms with Gasteiger partial charge in [0.15, 0.2) is 5.78 Å². The zero-order valence-electron chi connectivity index (χ0n) is 24.0. The highest BCUT2D eigenvalue weighted by molar-refractivity contribution is 5.99. The smallest absolute Gasteiger partial charge is 0.408 e. The van der Waals surface area contributed by atoms with E-state index in [1.807, 2.05) is 20.8 Å². The van der Waals surface area contributed by atoms with Gasteiger partial charge in [0.1, 0.15) is 17.7 Å². The Balaban J connectivity index is 1.84. The summed E-state index contributed by atoms with van der Waals surface area (Å²) in [6, 6.07) is -2.64. The van der Waals surface area contributed by atoms with Crippen molar-refractivity contribution in [2.24, 2.45) is 28.6 Å². The molecule has 6 atom stereocenters. The summed E-state index contributed by atoms with van der Waals surface area (Å²) in [6.45, 7) is 19.4. The number of ketones is 1. The lowest BCUT2D eigenvalue weighted by Gasteiger charge is -2.38. The van der Waals surface area contributed by atoms with E-state index in [2.05, 4.69) is 36.4 Å². The molecule has 212 valence electrons. The number of hydrogen-bond donors (Lipinski definition) is 3. The van der Waals surface area contributed by atoms with Crippen LogP contribution in [-0.2, 0) is 23.9 Å². The molecule has 38 heavy (non-hydrogen) atoms. The molecule has 1 aliphatic carbocycles. The number of amides is 4. The predicted octanol–water partition coefficient (Wildman–Crippen LogP) is 2.17. The Morgan fingerprint density at radius 2 is 1.79 bits per heavy atom. The fourth-order valence-electron chi connectivity index (χ4n) is 5.85. The van der Waals surface area contributed by atoms with E-state index in [1.54, 1.807) is 25.7 Å². The van der Waals surface area contributed by atoms with E-state index >= 15 is 0 Å². The summed E-state index contributed by atoms with van der Waals surface area (Å²) in [4.78, 5) is 66.6. The third-order valence-corrected chi connectivity index (χ3v) is 8.08. The van der Waals surface area contributed by atoms with Crippen molar-refractivity contribution in [3.05, 3.63) is 12.7 Å². The number of piperidine rings is 1. The number of nitrogens with zero attached hydrogens (tertiary/aromatic N) is 1. The molecule has 3 fully saturated rings. The third kappa shape index (κ3) is 6.21. The standard InChI is InChI=1S/C28H44N4O6/c1-10-18(33)17(13-15-11-12-29-22(15)34)30-23(35)20-19-16(28(19,8)9)14-32(20)24(36)21(26(2,3)4)31-25(37)38-27(5,6)7/h10,15-17,19-21H,1,11-14H2,2-9H3,(H,29,34)(H,30,35)(H,31,37)/t15-,16-,17-,19-,20-,21+/m0/s1. The van der Waals surface area contributed by atoms with Crippen molar-refractivity contribution >= 4 is 29.6 Å². The molecule has 10 nitrogen and oxygen atoms in total. The highest BCUT2D eigenvalue weighted by Crippen LogP contribution is 2.65. The Hall–Kier alpha value is -2.91. The molecule has 2 aliphatic heterocycles. The summed E-state index contributed by atoms with van der Waals surface area (Å²) in [6.07, 6.45) is 1.21. The van der Waals surface area contributed by atoms with Crippen LogP contribution in [0.3, 0.4) is 0 Å². The summed E-state index contributed by atoms with van der Waals surface area (Å²) in [5.74, 6) is -1.64. The number of hydrogen-bond acceptors (Lipinski definition) is 6. The minimum absolute atomic E-state index is 0.0807. The summed E-state index contributed by atoms with van der Waals surface area (Å²) in [7, 11) is 0. The van der Waals surface area contributed by atoms with Crippen molar-refractivity contribution in [3.8, 4) is 0 Å². The van der Waals surface area contributed by atoms with Gasteiger partial charge >= 0.3 is 6.09 Å². The molecule has 2 saturated heterocycles. The van der Waals surface area contributed by atoms with Crippen LogP contribution in [0, 0.1) is 28.6 Å². The Morgan fingerprint density at radius 3 is 2.29 bits per heavy atom. The van der Waals surface area contributed by atoms with Crippen LogP contribution in [0.1, 0.15) is 68.2 Å². The lowest BCUT2D eigenvalue weighted by molar-refractivity contribution is -0.144. The normalized spacial score (nSPS) is 27.5. The fourth-order valence-corrected chi connectivity index (χ4v) is 5.85. The molecule has 0 radical (unpaired) electrons. The summed E-state index contributed by atoms with van der Waals surface area (Å²) in [5.41, 5.74) is -1.54. The molecule has 4 amide bonds. The van der Waals surface area contributed by atoms with Crippen LogP contribution in [0.2, 0.25) is 0 Å². The van der Waals surface area contributed by atoms with E-state index in [9.17, 15) is 24.0 Å². The zero-order valence-corrected chi connectivity index (χ0v) is 24.0. The minimum atomic E-state index is -0.930. The molecule has 0 unspecified atom stereocenters. The van der Waals surface area contributed by atoms with Gasteiger partial charge in [0.2, 0.25) is 17.7 Å². The second-order valence-electron chi connectivity index (χ2n) is 13.5.